The summed E-state index contributed by atoms with van der Waals surface area (Å²) in [4.78, 5) is 38.4. The van der Waals surface area contributed by atoms with Gasteiger partial charge in [0.2, 0.25) is 0 Å². The van der Waals surface area contributed by atoms with Gasteiger partial charge in [-0.1, -0.05) is 364 Å². The maximum atomic E-state index is 12.9. The molecule has 0 amide bonds. The molecule has 0 aromatic carbocycles. The largest absolute Gasteiger partial charge is 0.462 e. The Kier molecular flexibility index (Phi) is 68.1. The number of carbonyl (C=O) groups excluding carboxylic acids is 3. The smallest absolute Gasteiger partial charge is 0.306 e. The van der Waals surface area contributed by atoms with Gasteiger partial charge in [0.1, 0.15) is 13.2 Å². The Morgan fingerprint density at radius 2 is 0.476 bits per heavy atom. The Balaban J connectivity index is 4.13. The van der Waals surface area contributed by atoms with Crippen LogP contribution in [0.15, 0.2) is 60.8 Å². The van der Waals surface area contributed by atoms with Gasteiger partial charge in [0.25, 0.3) is 0 Å². The standard InChI is InChI=1S/C76H138O6/c1-4-7-10-13-16-19-22-24-26-28-30-32-33-34-35-36-37-38-39-40-41-42-44-45-47-49-51-54-57-60-63-66-69-75(78)81-72-73(71-80-74(77)68-65-62-59-56-53-21-18-15-12-9-6-3)82-76(79)70-67-64-61-58-55-52-50-48-46-43-31-29-27-25-23-20-17-14-11-8-5-2/h8,11,17,20,25,27,31,43,48,50,73H,4-7,9-10,12-16,18-19,21-24,26,28-30,32-42,44-47,49,51-72H2,1-3H3/b11-8-,20-17-,27-25-,43-31-,50-48-. The lowest BCUT2D eigenvalue weighted by atomic mass is 10.0. The maximum Gasteiger partial charge on any atom is 0.306 e. The van der Waals surface area contributed by atoms with Crippen molar-refractivity contribution in [3.05, 3.63) is 60.8 Å². The monoisotopic (exact) mass is 1150 g/mol. The first-order chi connectivity index (χ1) is 40.5. The quantitative estimate of drug-likeness (QED) is 0.0261. The van der Waals surface area contributed by atoms with Crippen LogP contribution in [-0.2, 0) is 28.6 Å². The molecule has 6 nitrogen and oxygen atoms in total. The second-order valence-electron chi connectivity index (χ2n) is 24.5. The van der Waals surface area contributed by atoms with E-state index < -0.39 is 6.10 Å². The van der Waals surface area contributed by atoms with Crippen molar-refractivity contribution in [2.45, 2.75) is 393 Å². The molecular weight excluding hydrogens is 1010 g/mol. The third-order valence-corrected chi connectivity index (χ3v) is 16.3. The molecule has 0 aliphatic carbocycles. The first kappa shape index (κ1) is 79.1. The molecule has 0 radical (unpaired) electrons. The van der Waals surface area contributed by atoms with Crippen LogP contribution in [0.25, 0.3) is 0 Å². The molecule has 0 N–H and O–H groups in total. The summed E-state index contributed by atoms with van der Waals surface area (Å²) >= 11 is 0. The Morgan fingerprint density at radius 1 is 0.256 bits per heavy atom. The predicted octanol–water partition coefficient (Wildman–Crippen LogP) is 25.1. The van der Waals surface area contributed by atoms with Crippen LogP contribution in [0.2, 0.25) is 0 Å². The van der Waals surface area contributed by atoms with Crippen molar-refractivity contribution in [2.75, 3.05) is 13.2 Å². The van der Waals surface area contributed by atoms with E-state index in [1.54, 1.807) is 0 Å². The average Bonchev–Trinajstić information content (AvgIpc) is 3.48. The Bertz CT molecular complexity index is 1460. The van der Waals surface area contributed by atoms with Gasteiger partial charge in [-0.05, 0) is 64.2 Å². The van der Waals surface area contributed by atoms with Crippen molar-refractivity contribution in [3.8, 4) is 0 Å². The second kappa shape index (κ2) is 70.6. The predicted molar refractivity (Wildman–Crippen MR) is 358 cm³/mol. The zero-order valence-electron chi connectivity index (χ0n) is 55.0. The van der Waals surface area contributed by atoms with Crippen LogP contribution in [0.5, 0.6) is 0 Å². The first-order valence-electron chi connectivity index (χ1n) is 36.3. The highest BCUT2D eigenvalue weighted by atomic mass is 16.6. The molecule has 0 spiro atoms. The number of carbonyl (C=O) groups is 3. The van der Waals surface area contributed by atoms with Crippen LogP contribution in [0.1, 0.15) is 387 Å². The molecule has 6 heteroatoms. The molecule has 0 saturated heterocycles. The Labute approximate surface area is 510 Å². The SMILES string of the molecule is CC/C=C\C/C=C\C/C=C\C/C=C\C/C=C\CCCCCCCC(=O)OC(COC(=O)CCCCCCCCCCCCC)COC(=O)CCCCCCCCCCCCCCCCCCCCCCCCCCCCCCCCCC. The van der Waals surface area contributed by atoms with E-state index in [0.717, 1.165) is 109 Å². The number of unbranched alkanes of at least 4 members (excludes halogenated alkanes) is 46. The van der Waals surface area contributed by atoms with E-state index >= 15 is 0 Å². The molecule has 0 heterocycles. The van der Waals surface area contributed by atoms with Crippen LogP contribution < -0.4 is 0 Å². The maximum absolute atomic E-state index is 12.9. The summed E-state index contributed by atoms with van der Waals surface area (Å²) in [6.07, 6.45) is 91.3. The number of hydrogen-bond donors (Lipinski definition) is 0. The topological polar surface area (TPSA) is 78.9 Å². The minimum Gasteiger partial charge on any atom is -0.462 e. The molecule has 1 atom stereocenters. The lowest BCUT2D eigenvalue weighted by Crippen LogP contribution is -2.30. The number of hydrogen-bond acceptors (Lipinski definition) is 6. The second-order valence-corrected chi connectivity index (χ2v) is 24.5. The van der Waals surface area contributed by atoms with E-state index in [0.29, 0.717) is 19.3 Å². The van der Waals surface area contributed by atoms with Gasteiger partial charge in [0.05, 0.1) is 0 Å². The van der Waals surface area contributed by atoms with Crippen molar-refractivity contribution in [1.82, 2.24) is 0 Å². The Hall–Kier alpha value is -2.89. The fraction of sp³-hybridized carbons (Fsp3) is 0.829. The van der Waals surface area contributed by atoms with Crippen molar-refractivity contribution in [1.29, 1.82) is 0 Å². The fourth-order valence-corrected chi connectivity index (χ4v) is 10.9. The molecular formula is C76H138O6. The summed E-state index contributed by atoms with van der Waals surface area (Å²) in [7, 11) is 0. The third kappa shape index (κ3) is 67.9. The van der Waals surface area contributed by atoms with Crippen LogP contribution in [0.3, 0.4) is 0 Å². The van der Waals surface area contributed by atoms with Gasteiger partial charge in [0, 0.05) is 19.3 Å². The highest BCUT2D eigenvalue weighted by Crippen LogP contribution is 2.19. The molecule has 0 rings (SSSR count). The van der Waals surface area contributed by atoms with E-state index in [4.69, 9.17) is 14.2 Å². The van der Waals surface area contributed by atoms with Gasteiger partial charge >= 0.3 is 17.9 Å². The molecule has 0 fully saturated rings. The van der Waals surface area contributed by atoms with Crippen molar-refractivity contribution in [2.24, 2.45) is 0 Å². The van der Waals surface area contributed by atoms with E-state index in [-0.39, 0.29) is 31.1 Å². The lowest BCUT2D eigenvalue weighted by molar-refractivity contribution is -0.167. The number of allylic oxidation sites excluding steroid dienone is 10. The van der Waals surface area contributed by atoms with Gasteiger partial charge < -0.3 is 14.2 Å². The molecule has 0 aromatic rings. The van der Waals surface area contributed by atoms with E-state index in [2.05, 4.69) is 81.5 Å². The molecule has 0 bridgehead atoms. The highest BCUT2D eigenvalue weighted by molar-refractivity contribution is 5.71. The van der Waals surface area contributed by atoms with Crippen LogP contribution in [0.4, 0.5) is 0 Å². The zero-order valence-corrected chi connectivity index (χ0v) is 55.0. The summed E-state index contributed by atoms with van der Waals surface area (Å²) < 4.78 is 16.9. The number of esters is 3. The van der Waals surface area contributed by atoms with Crippen LogP contribution in [0, 0.1) is 0 Å². The third-order valence-electron chi connectivity index (χ3n) is 16.3. The van der Waals surface area contributed by atoms with Crippen molar-refractivity contribution in [3.63, 3.8) is 0 Å². The van der Waals surface area contributed by atoms with E-state index in [9.17, 15) is 14.4 Å². The molecule has 82 heavy (non-hydrogen) atoms. The molecule has 0 aromatic heterocycles. The first-order valence-corrected chi connectivity index (χ1v) is 36.3. The minimum absolute atomic E-state index is 0.0776. The molecule has 1 unspecified atom stereocenters. The summed E-state index contributed by atoms with van der Waals surface area (Å²) in [5.41, 5.74) is 0. The number of ether oxygens (including phenoxy) is 3. The molecule has 0 aliphatic rings. The highest BCUT2D eigenvalue weighted by Gasteiger charge is 2.19. The van der Waals surface area contributed by atoms with Crippen molar-refractivity contribution < 1.29 is 28.6 Å². The fourth-order valence-electron chi connectivity index (χ4n) is 10.9. The van der Waals surface area contributed by atoms with Gasteiger partial charge in [-0.3, -0.25) is 14.4 Å². The number of rotatable bonds is 67. The van der Waals surface area contributed by atoms with Gasteiger partial charge in [-0.2, -0.15) is 0 Å². The van der Waals surface area contributed by atoms with Gasteiger partial charge in [0.15, 0.2) is 6.10 Å². The zero-order chi connectivity index (χ0) is 59.2. The average molecular weight is 1150 g/mol. The summed E-state index contributed by atoms with van der Waals surface area (Å²) in [6, 6.07) is 0. The Morgan fingerprint density at radius 3 is 0.744 bits per heavy atom. The minimum atomic E-state index is -0.783. The van der Waals surface area contributed by atoms with Crippen LogP contribution in [-0.4, -0.2) is 37.2 Å². The van der Waals surface area contributed by atoms with Gasteiger partial charge in [-0.25, -0.2) is 0 Å². The summed E-state index contributed by atoms with van der Waals surface area (Å²) in [5, 5.41) is 0. The molecule has 0 aliphatic heterocycles. The molecule has 478 valence electrons. The lowest BCUT2D eigenvalue weighted by Gasteiger charge is -2.18. The van der Waals surface area contributed by atoms with Crippen LogP contribution >= 0.6 is 0 Å². The van der Waals surface area contributed by atoms with Gasteiger partial charge in [-0.15, -0.1) is 0 Å². The summed E-state index contributed by atoms with van der Waals surface area (Å²) in [5.74, 6) is -0.875. The van der Waals surface area contributed by atoms with E-state index in [1.165, 1.54) is 238 Å². The van der Waals surface area contributed by atoms with E-state index in [1.807, 2.05) is 0 Å². The molecule has 0 saturated carbocycles. The summed E-state index contributed by atoms with van der Waals surface area (Å²) in [6.45, 7) is 6.56. The van der Waals surface area contributed by atoms with Crippen molar-refractivity contribution >= 4 is 17.9 Å². The normalized spacial score (nSPS) is 12.4.